The van der Waals surface area contributed by atoms with Gasteiger partial charge in [0.05, 0.1) is 211 Å². The van der Waals surface area contributed by atoms with Crippen LogP contribution in [0.15, 0.2) is 0 Å². The van der Waals surface area contributed by atoms with E-state index in [1.165, 1.54) is 0 Å². The first-order valence-corrected chi connectivity index (χ1v) is 26.5. The Morgan fingerprint density at radius 3 is 0.580 bits per heavy atom. The predicted octanol–water partition coefficient (Wildman–Crippen LogP) is -11.0. The first-order valence-electron chi connectivity index (χ1n) is 26.5. The molecule has 0 aliphatic rings. The number of hydrogen-bond donors (Lipinski definition) is 18. The van der Waals surface area contributed by atoms with Gasteiger partial charge in [0.15, 0.2) is 0 Å². The third-order valence-electron chi connectivity index (χ3n) is 10.4. The number of ether oxygens (including phenoxy) is 15. The van der Waals surface area contributed by atoms with Gasteiger partial charge in [-0.2, -0.15) is 0 Å². The highest BCUT2D eigenvalue weighted by molar-refractivity contribution is 4.69. The van der Waals surface area contributed by atoms with Crippen LogP contribution in [0.2, 0.25) is 0 Å². The molecule has 16 unspecified atom stereocenters. The van der Waals surface area contributed by atoms with Crippen LogP contribution in [0.1, 0.15) is 0 Å². The lowest BCUT2D eigenvalue weighted by atomic mass is 10.3. The molecule has 0 spiro atoms. The molecule has 33 heteroatoms. The van der Waals surface area contributed by atoms with Crippen molar-refractivity contribution in [2.24, 2.45) is 0 Å². The van der Waals surface area contributed by atoms with E-state index in [-0.39, 0.29) is 152 Å². The first kappa shape index (κ1) is 79.7. The molecule has 0 rings (SSSR count). The summed E-state index contributed by atoms with van der Waals surface area (Å²) in [5.74, 6) is 0. The van der Waals surface area contributed by atoms with Crippen molar-refractivity contribution >= 4 is 0 Å². The lowest BCUT2D eigenvalue weighted by Crippen LogP contribution is -2.38. The molecule has 0 aliphatic carbocycles. The van der Waals surface area contributed by atoms with Gasteiger partial charge in [-0.1, -0.05) is 0 Å². The Kier molecular flexibility index (Phi) is 53.2. The highest BCUT2D eigenvalue weighted by Gasteiger charge is 2.24. The molecule has 0 aromatic rings. The predicted molar refractivity (Wildman–Crippen MR) is 273 cm³/mol. The molecule has 81 heavy (non-hydrogen) atoms. The van der Waals surface area contributed by atoms with Crippen LogP contribution in [-0.2, 0) is 71.1 Å². The minimum atomic E-state index is -1.28. The molecule has 0 aliphatic heterocycles. The molecule has 488 valence electrons. The van der Waals surface area contributed by atoms with Crippen LogP contribution in [0, 0.1) is 0 Å². The van der Waals surface area contributed by atoms with Crippen molar-refractivity contribution in [1.82, 2.24) is 0 Å². The molecule has 16 atom stereocenters. The van der Waals surface area contributed by atoms with E-state index < -0.39 is 157 Å². The van der Waals surface area contributed by atoms with Gasteiger partial charge in [-0.05, 0) is 0 Å². The van der Waals surface area contributed by atoms with Crippen molar-refractivity contribution in [3.8, 4) is 0 Å². The Balaban J connectivity index is 5.97. The smallest absolute Gasteiger partial charge is 0.104 e. The minimum absolute atomic E-state index is 0.184. The topological polar surface area (TPSA) is 503 Å². The summed E-state index contributed by atoms with van der Waals surface area (Å²) in [5, 5.41) is 174. The fourth-order valence-corrected chi connectivity index (χ4v) is 5.90. The monoisotopic (exact) mass is 1200 g/mol. The summed E-state index contributed by atoms with van der Waals surface area (Å²) in [6.45, 7) is -10.9. The summed E-state index contributed by atoms with van der Waals surface area (Å²) in [5.41, 5.74) is 0. The third-order valence-corrected chi connectivity index (χ3v) is 10.4. The molecule has 0 bridgehead atoms. The maximum Gasteiger partial charge on any atom is 0.104 e. The second-order valence-corrected chi connectivity index (χ2v) is 18.5. The van der Waals surface area contributed by atoms with Gasteiger partial charge in [0.1, 0.15) is 97.7 Å². The summed E-state index contributed by atoms with van der Waals surface area (Å²) in [7, 11) is 0. The van der Waals surface area contributed by atoms with Crippen molar-refractivity contribution in [2.45, 2.75) is 97.7 Å². The van der Waals surface area contributed by atoms with Crippen LogP contribution in [0.4, 0.5) is 0 Å². The Bertz CT molecular complexity index is 1330. The van der Waals surface area contributed by atoms with Gasteiger partial charge in [0.25, 0.3) is 0 Å². The molecule has 0 amide bonds. The molecule has 0 fully saturated rings. The lowest BCUT2D eigenvalue weighted by Gasteiger charge is -2.26. The van der Waals surface area contributed by atoms with Crippen molar-refractivity contribution < 1.29 is 163 Å². The standard InChI is InChI=1S/C48H98O33/c49-1-33(58)10-67-13-39(64)15-70-23-45(78-21-41(66)17-69-12-35(60)3-51)26-74-29-48(81-31-44(9-57)76-19-37(62)5-53)32-79-42(7-55)22-72-25-46(77-20-38(63)6-54)27-73-28-47(80-30-43(8-56)75-18-36(61)4-52)24-71-16-40(65)14-68-11-34(59)2-50/h33-66H,1-32H2. The number of aliphatic hydroxyl groups is 18. The lowest BCUT2D eigenvalue weighted by molar-refractivity contribution is -0.147. The molecular weight excluding hydrogens is 1100 g/mol. The van der Waals surface area contributed by atoms with Crippen LogP contribution in [-0.4, -0.2) is 401 Å². The van der Waals surface area contributed by atoms with Gasteiger partial charge in [-0.25, -0.2) is 0 Å². The molecule has 0 aromatic carbocycles. The zero-order valence-electron chi connectivity index (χ0n) is 46.0. The molecule has 0 heterocycles. The molecule has 33 nitrogen and oxygen atoms in total. The number of rotatable bonds is 62. The summed E-state index contributed by atoms with van der Waals surface area (Å²) >= 11 is 0. The van der Waals surface area contributed by atoms with E-state index in [0.29, 0.717) is 0 Å². The van der Waals surface area contributed by atoms with Gasteiger partial charge in [0, 0.05) is 0 Å². The molecule has 0 aromatic heterocycles. The third kappa shape index (κ3) is 46.6. The fraction of sp³-hybridized carbons (Fsp3) is 1.00. The molecule has 0 radical (unpaired) electrons. The van der Waals surface area contributed by atoms with Crippen LogP contribution in [0.5, 0.6) is 0 Å². The van der Waals surface area contributed by atoms with E-state index in [2.05, 4.69) is 0 Å². The van der Waals surface area contributed by atoms with Gasteiger partial charge in [0.2, 0.25) is 0 Å². The summed E-state index contributed by atoms with van der Waals surface area (Å²) < 4.78 is 84.4. The Morgan fingerprint density at radius 2 is 0.296 bits per heavy atom. The highest BCUT2D eigenvalue weighted by atomic mass is 16.6. The Morgan fingerprint density at radius 1 is 0.148 bits per heavy atom. The average Bonchev–Trinajstić information content (AvgIpc) is 3.47. The van der Waals surface area contributed by atoms with Crippen molar-refractivity contribution in [1.29, 1.82) is 0 Å². The van der Waals surface area contributed by atoms with Crippen LogP contribution in [0.25, 0.3) is 0 Å². The van der Waals surface area contributed by atoms with Crippen LogP contribution in [0.3, 0.4) is 0 Å². The molecular formula is C48H98O33. The maximum absolute atomic E-state index is 10.4. The van der Waals surface area contributed by atoms with E-state index in [4.69, 9.17) is 91.5 Å². The van der Waals surface area contributed by atoms with Gasteiger partial charge >= 0.3 is 0 Å². The van der Waals surface area contributed by atoms with Gasteiger partial charge < -0.3 is 163 Å². The average molecular weight is 1200 g/mol. The van der Waals surface area contributed by atoms with Crippen LogP contribution < -0.4 is 0 Å². The van der Waals surface area contributed by atoms with E-state index >= 15 is 0 Å². The second kappa shape index (κ2) is 54.1. The summed E-state index contributed by atoms with van der Waals surface area (Å²) in [4.78, 5) is 0. The molecule has 0 saturated carbocycles. The molecule has 18 N–H and O–H groups in total. The molecule has 0 saturated heterocycles. The Hall–Kier alpha value is -1.32. The van der Waals surface area contributed by atoms with E-state index in [1.54, 1.807) is 0 Å². The SMILES string of the molecule is OCC(O)COCC(O)COCC(COCC(COC(CO)COCC(COCC(COCC(O)COCC(O)CO)OCC(CO)OCC(O)CO)OCC(O)CO)OCC(CO)OCC(O)CO)OCC(O)COCC(O)CO. The van der Waals surface area contributed by atoms with Gasteiger partial charge in [-0.3, -0.25) is 0 Å². The Labute approximate surface area is 471 Å². The summed E-state index contributed by atoms with van der Waals surface area (Å²) in [6.07, 6.45) is -17.3. The van der Waals surface area contributed by atoms with Crippen molar-refractivity contribution in [3.63, 3.8) is 0 Å². The minimum Gasteiger partial charge on any atom is -0.394 e. The zero-order valence-corrected chi connectivity index (χ0v) is 46.0. The first-order chi connectivity index (χ1) is 39.0. The fourth-order valence-electron chi connectivity index (χ4n) is 5.90. The van der Waals surface area contributed by atoms with Crippen molar-refractivity contribution in [2.75, 3.05) is 211 Å². The van der Waals surface area contributed by atoms with E-state index in [9.17, 15) is 71.5 Å². The quantitative estimate of drug-likeness (QED) is 0.0269. The van der Waals surface area contributed by atoms with E-state index in [0.717, 1.165) is 0 Å². The van der Waals surface area contributed by atoms with Crippen LogP contribution >= 0.6 is 0 Å². The normalized spacial score (nSPS) is 18.3. The summed E-state index contributed by atoms with van der Waals surface area (Å²) in [6, 6.07) is 0. The maximum atomic E-state index is 10.4. The number of hydrogen-bond acceptors (Lipinski definition) is 33. The highest BCUT2D eigenvalue weighted by Crippen LogP contribution is 2.09. The zero-order chi connectivity index (χ0) is 60.5. The number of aliphatic hydroxyl groups excluding tert-OH is 18. The second-order valence-electron chi connectivity index (χ2n) is 18.5. The van der Waals surface area contributed by atoms with Crippen molar-refractivity contribution in [3.05, 3.63) is 0 Å². The van der Waals surface area contributed by atoms with E-state index in [1.807, 2.05) is 0 Å². The largest absolute Gasteiger partial charge is 0.394 e. The van der Waals surface area contributed by atoms with Gasteiger partial charge in [-0.15, -0.1) is 0 Å².